The lowest BCUT2D eigenvalue weighted by atomic mass is 10.3. The van der Waals surface area contributed by atoms with Crippen LogP contribution in [0.5, 0.6) is 5.75 Å². The molecule has 2 aliphatic rings. The Morgan fingerprint density at radius 3 is 2.15 bits per heavy atom. The fourth-order valence-electron chi connectivity index (χ4n) is 2.99. The molecule has 2 aromatic rings. The maximum Gasteiger partial charge on any atom is 0.263 e. The molecule has 4 rings (SSSR count). The molecule has 138 valence electrons. The van der Waals surface area contributed by atoms with Crippen molar-refractivity contribution < 1.29 is 13.2 Å². The van der Waals surface area contributed by atoms with Gasteiger partial charge in [-0.2, -0.15) is 0 Å². The zero-order valence-corrected chi connectivity index (χ0v) is 15.2. The third kappa shape index (κ3) is 4.24. The molecule has 1 aromatic heterocycles. The predicted octanol–water partition coefficient (Wildman–Crippen LogP) is 3.17. The number of ether oxygens (including phenoxy) is 1. The third-order valence-electron chi connectivity index (χ3n) is 4.57. The smallest absolute Gasteiger partial charge is 0.263 e. The summed E-state index contributed by atoms with van der Waals surface area (Å²) in [5.41, 5.74) is 0. The summed E-state index contributed by atoms with van der Waals surface area (Å²) in [5, 5.41) is 11.1. The average molecular weight is 374 g/mol. The van der Waals surface area contributed by atoms with E-state index in [1.165, 1.54) is 12.8 Å². The molecule has 8 heteroatoms. The van der Waals surface area contributed by atoms with Crippen LogP contribution in [0.1, 0.15) is 38.5 Å². The van der Waals surface area contributed by atoms with E-state index in [2.05, 4.69) is 20.2 Å². The summed E-state index contributed by atoms with van der Waals surface area (Å²) in [6.07, 6.45) is 7.02. The summed E-state index contributed by atoms with van der Waals surface area (Å²) < 4.78 is 33.3. The molecule has 2 N–H and O–H groups in total. The summed E-state index contributed by atoms with van der Waals surface area (Å²) in [6.45, 7) is 0. The lowest BCUT2D eigenvalue weighted by Gasteiger charge is -2.13. The number of nitrogens with one attached hydrogen (secondary N) is 2. The Morgan fingerprint density at radius 2 is 1.54 bits per heavy atom. The van der Waals surface area contributed by atoms with Gasteiger partial charge in [-0.25, -0.2) is 8.42 Å². The van der Waals surface area contributed by atoms with Gasteiger partial charge in [0.05, 0.1) is 11.0 Å². The molecule has 0 atom stereocenters. The highest BCUT2D eigenvalue weighted by molar-refractivity contribution is 7.92. The summed E-state index contributed by atoms with van der Waals surface area (Å²) in [4.78, 5) is 0.165. The van der Waals surface area contributed by atoms with Gasteiger partial charge in [-0.1, -0.05) is 0 Å². The first-order valence-electron chi connectivity index (χ1n) is 8.98. The van der Waals surface area contributed by atoms with Crippen LogP contribution in [0, 0.1) is 0 Å². The fraction of sp³-hybridized carbons (Fsp3) is 0.444. The molecule has 0 aliphatic heterocycles. The molecule has 0 amide bonds. The fourth-order valence-corrected chi connectivity index (χ4v) is 3.99. The predicted molar refractivity (Wildman–Crippen MR) is 98.8 cm³/mol. The molecule has 0 spiro atoms. The summed E-state index contributed by atoms with van der Waals surface area (Å²) in [5.74, 6) is 1.55. The second kappa shape index (κ2) is 7.11. The first-order chi connectivity index (χ1) is 12.6. The quantitative estimate of drug-likeness (QED) is 0.773. The van der Waals surface area contributed by atoms with E-state index >= 15 is 0 Å². The number of anilines is 2. The highest BCUT2D eigenvalue weighted by Crippen LogP contribution is 2.26. The summed E-state index contributed by atoms with van der Waals surface area (Å²) in [6, 6.07) is 10.3. The van der Waals surface area contributed by atoms with Gasteiger partial charge in [0.25, 0.3) is 10.0 Å². The summed E-state index contributed by atoms with van der Waals surface area (Å²) >= 11 is 0. The van der Waals surface area contributed by atoms with Crippen LogP contribution in [0.4, 0.5) is 11.6 Å². The van der Waals surface area contributed by atoms with Gasteiger partial charge in [-0.15, -0.1) is 10.2 Å². The van der Waals surface area contributed by atoms with Crippen molar-refractivity contribution in [3.05, 3.63) is 36.4 Å². The molecular weight excluding hydrogens is 352 g/mol. The van der Waals surface area contributed by atoms with Crippen LogP contribution in [0.15, 0.2) is 41.3 Å². The lowest BCUT2D eigenvalue weighted by Crippen LogP contribution is -2.15. The normalized spacial score (nSPS) is 17.8. The number of hydrogen-bond acceptors (Lipinski definition) is 6. The van der Waals surface area contributed by atoms with Crippen molar-refractivity contribution in [2.75, 3.05) is 10.0 Å². The molecule has 26 heavy (non-hydrogen) atoms. The number of benzene rings is 1. The van der Waals surface area contributed by atoms with E-state index in [0.717, 1.165) is 25.7 Å². The van der Waals surface area contributed by atoms with Crippen molar-refractivity contribution in [2.45, 2.75) is 55.6 Å². The van der Waals surface area contributed by atoms with Crippen LogP contribution in [0.3, 0.4) is 0 Å². The highest BCUT2D eigenvalue weighted by atomic mass is 32.2. The van der Waals surface area contributed by atoms with E-state index in [1.54, 1.807) is 36.4 Å². The standard InChI is InChI=1S/C18H22N4O3S/c23-26(24,22-18-12-11-17(20-21-18)19-13-5-6-13)16-9-7-15(8-10-16)25-14-3-1-2-4-14/h7-14H,1-6H2,(H,19,20)(H,21,22). The van der Waals surface area contributed by atoms with Crippen molar-refractivity contribution in [1.82, 2.24) is 10.2 Å². The minimum absolute atomic E-state index is 0.165. The SMILES string of the molecule is O=S(=O)(Nc1ccc(NC2CC2)nn1)c1ccc(OC2CCCC2)cc1. The summed E-state index contributed by atoms with van der Waals surface area (Å²) in [7, 11) is -3.71. The topological polar surface area (TPSA) is 93.2 Å². The van der Waals surface area contributed by atoms with Gasteiger partial charge < -0.3 is 10.1 Å². The maximum absolute atomic E-state index is 12.5. The van der Waals surface area contributed by atoms with Gasteiger partial charge in [-0.3, -0.25) is 4.72 Å². The van der Waals surface area contributed by atoms with Gasteiger partial charge in [0, 0.05) is 6.04 Å². The van der Waals surface area contributed by atoms with Gasteiger partial charge in [0.15, 0.2) is 5.82 Å². The number of sulfonamides is 1. The monoisotopic (exact) mass is 374 g/mol. The number of hydrogen-bond donors (Lipinski definition) is 2. The minimum Gasteiger partial charge on any atom is -0.490 e. The Labute approximate surface area is 153 Å². The number of rotatable bonds is 7. The molecule has 2 aliphatic carbocycles. The van der Waals surface area contributed by atoms with Crippen molar-refractivity contribution in [1.29, 1.82) is 0 Å². The Hall–Kier alpha value is -2.35. The highest BCUT2D eigenvalue weighted by Gasteiger charge is 2.22. The van der Waals surface area contributed by atoms with Crippen molar-refractivity contribution >= 4 is 21.7 Å². The molecule has 0 unspecified atom stereocenters. The molecule has 0 bridgehead atoms. The Balaban J connectivity index is 1.40. The Bertz CT molecular complexity index is 843. The Morgan fingerprint density at radius 1 is 0.885 bits per heavy atom. The molecule has 1 heterocycles. The maximum atomic E-state index is 12.5. The third-order valence-corrected chi connectivity index (χ3v) is 5.94. The average Bonchev–Trinajstić information content (AvgIpc) is 3.30. The minimum atomic E-state index is -3.71. The van der Waals surface area contributed by atoms with Gasteiger partial charge >= 0.3 is 0 Å². The molecular formula is C18H22N4O3S. The zero-order valence-electron chi connectivity index (χ0n) is 14.4. The molecule has 0 radical (unpaired) electrons. The van der Waals surface area contributed by atoms with E-state index in [4.69, 9.17) is 4.74 Å². The van der Waals surface area contributed by atoms with Crippen LogP contribution in [0.25, 0.3) is 0 Å². The number of nitrogens with zero attached hydrogens (tertiary/aromatic N) is 2. The van der Waals surface area contributed by atoms with E-state index in [9.17, 15) is 8.42 Å². The van der Waals surface area contributed by atoms with E-state index < -0.39 is 10.0 Å². The second-order valence-electron chi connectivity index (χ2n) is 6.82. The van der Waals surface area contributed by atoms with Crippen molar-refractivity contribution in [2.24, 2.45) is 0 Å². The van der Waals surface area contributed by atoms with Crippen molar-refractivity contribution in [3.8, 4) is 5.75 Å². The molecule has 2 fully saturated rings. The van der Waals surface area contributed by atoms with Crippen LogP contribution >= 0.6 is 0 Å². The van der Waals surface area contributed by atoms with Gasteiger partial charge in [0.2, 0.25) is 0 Å². The largest absolute Gasteiger partial charge is 0.490 e. The molecule has 1 aromatic carbocycles. The molecule has 2 saturated carbocycles. The van der Waals surface area contributed by atoms with Crippen LogP contribution < -0.4 is 14.8 Å². The Kier molecular flexibility index (Phi) is 4.67. The van der Waals surface area contributed by atoms with Crippen LogP contribution in [0.2, 0.25) is 0 Å². The zero-order chi connectivity index (χ0) is 18.0. The first-order valence-corrected chi connectivity index (χ1v) is 10.5. The van der Waals surface area contributed by atoms with Crippen LogP contribution in [-0.2, 0) is 10.0 Å². The van der Waals surface area contributed by atoms with E-state index in [-0.39, 0.29) is 16.8 Å². The van der Waals surface area contributed by atoms with Gasteiger partial charge in [-0.05, 0) is 74.9 Å². The number of aromatic nitrogens is 2. The first kappa shape index (κ1) is 17.1. The van der Waals surface area contributed by atoms with E-state index in [0.29, 0.717) is 17.6 Å². The molecule has 0 saturated heterocycles. The van der Waals surface area contributed by atoms with E-state index in [1.807, 2.05) is 0 Å². The van der Waals surface area contributed by atoms with Crippen molar-refractivity contribution in [3.63, 3.8) is 0 Å². The second-order valence-corrected chi connectivity index (χ2v) is 8.51. The van der Waals surface area contributed by atoms with Crippen LogP contribution in [-0.4, -0.2) is 30.8 Å². The lowest BCUT2D eigenvalue weighted by molar-refractivity contribution is 0.210. The molecule has 7 nitrogen and oxygen atoms in total. The van der Waals surface area contributed by atoms with Gasteiger partial charge in [0.1, 0.15) is 11.6 Å².